The van der Waals surface area contributed by atoms with Crippen LogP contribution in [0.1, 0.15) is 22.7 Å². The quantitative estimate of drug-likeness (QED) is 0.903. The zero-order valence-corrected chi connectivity index (χ0v) is 14.2. The third-order valence-electron chi connectivity index (χ3n) is 4.76. The fraction of sp³-hybridized carbons (Fsp3) is 0.368. The average molecular weight is 329 g/mol. The van der Waals surface area contributed by atoms with E-state index in [9.17, 15) is 10.2 Å². The number of likely N-dealkylation sites (N-methyl/N-ethyl adjacent to an activating group) is 1. The Labute approximate surface area is 142 Å². The van der Waals surface area contributed by atoms with Gasteiger partial charge in [0.05, 0.1) is 14.2 Å². The summed E-state index contributed by atoms with van der Waals surface area (Å²) in [5.41, 5.74) is 3.05. The Balaban J connectivity index is 1.98. The van der Waals surface area contributed by atoms with Gasteiger partial charge in [-0.05, 0) is 49.2 Å². The molecule has 2 aromatic carbocycles. The smallest absolute Gasteiger partial charge is 0.162 e. The number of hydrogen-bond acceptors (Lipinski definition) is 5. The van der Waals surface area contributed by atoms with E-state index in [1.807, 2.05) is 18.2 Å². The molecule has 0 radical (unpaired) electrons. The van der Waals surface area contributed by atoms with Crippen LogP contribution in [0, 0.1) is 0 Å². The van der Waals surface area contributed by atoms with Gasteiger partial charge in [0.25, 0.3) is 0 Å². The van der Waals surface area contributed by atoms with Crippen LogP contribution in [0.15, 0.2) is 30.3 Å². The van der Waals surface area contributed by atoms with Crippen LogP contribution in [-0.2, 0) is 12.8 Å². The number of fused-ring (bicyclic) bond motifs is 1. The minimum atomic E-state index is 0.0247. The lowest BCUT2D eigenvalue weighted by Crippen LogP contribution is -2.33. The molecular weight excluding hydrogens is 306 g/mol. The maximum Gasteiger partial charge on any atom is 0.162 e. The maximum absolute atomic E-state index is 10.6. The van der Waals surface area contributed by atoms with Crippen LogP contribution in [0.4, 0.5) is 0 Å². The molecule has 2 aromatic rings. The summed E-state index contributed by atoms with van der Waals surface area (Å²) < 4.78 is 10.4. The highest BCUT2D eigenvalue weighted by atomic mass is 16.5. The number of aromatic hydroxyl groups is 2. The Morgan fingerprint density at radius 1 is 1.08 bits per heavy atom. The lowest BCUT2D eigenvalue weighted by molar-refractivity contribution is 0.222. The van der Waals surface area contributed by atoms with Crippen molar-refractivity contribution in [3.8, 4) is 23.0 Å². The molecule has 1 aliphatic rings. The van der Waals surface area contributed by atoms with E-state index in [1.54, 1.807) is 19.2 Å². The SMILES string of the molecule is COc1ccc(C[C@@H]2c3c(ccc(OC)c3O)CCN2C)cc1O. The summed E-state index contributed by atoms with van der Waals surface area (Å²) in [7, 11) is 5.14. The molecule has 0 aliphatic carbocycles. The summed E-state index contributed by atoms with van der Waals surface area (Å²) in [5, 5.41) is 20.6. The third-order valence-corrected chi connectivity index (χ3v) is 4.76. The predicted molar refractivity (Wildman–Crippen MR) is 92.1 cm³/mol. The molecule has 5 heteroatoms. The van der Waals surface area contributed by atoms with Crippen LogP contribution in [0.5, 0.6) is 23.0 Å². The second-order valence-corrected chi connectivity index (χ2v) is 6.15. The van der Waals surface area contributed by atoms with Gasteiger partial charge in [0.15, 0.2) is 23.0 Å². The van der Waals surface area contributed by atoms with E-state index in [4.69, 9.17) is 9.47 Å². The van der Waals surface area contributed by atoms with E-state index >= 15 is 0 Å². The normalized spacial score (nSPS) is 17.4. The van der Waals surface area contributed by atoms with Gasteiger partial charge in [-0.25, -0.2) is 0 Å². The molecule has 5 nitrogen and oxygen atoms in total. The minimum absolute atomic E-state index is 0.0247. The first-order chi connectivity index (χ1) is 11.5. The van der Waals surface area contributed by atoms with Gasteiger partial charge in [0.2, 0.25) is 0 Å². The molecule has 0 aromatic heterocycles. The minimum Gasteiger partial charge on any atom is -0.504 e. The van der Waals surface area contributed by atoms with Gasteiger partial charge in [-0.3, -0.25) is 4.90 Å². The van der Waals surface area contributed by atoms with E-state index < -0.39 is 0 Å². The highest BCUT2D eigenvalue weighted by Gasteiger charge is 2.29. The first kappa shape index (κ1) is 16.5. The Kier molecular flexibility index (Phi) is 4.53. The first-order valence-corrected chi connectivity index (χ1v) is 8.00. The Morgan fingerprint density at radius 3 is 2.46 bits per heavy atom. The molecule has 0 amide bonds. The van der Waals surface area contributed by atoms with Crippen molar-refractivity contribution in [2.45, 2.75) is 18.9 Å². The van der Waals surface area contributed by atoms with Crippen LogP contribution in [0.3, 0.4) is 0 Å². The second-order valence-electron chi connectivity index (χ2n) is 6.15. The van der Waals surface area contributed by atoms with Gasteiger partial charge in [-0.15, -0.1) is 0 Å². The van der Waals surface area contributed by atoms with Crippen LogP contribution < -0.4 is 9.47 Å². The van der Waals surface area contributed by atoms with Gasteiger partial charge in [-0.1, -0.05) is 12.1 Å². The number of benzene rings is 2. The Morgan fingerprint density at radius 2 is 1.79 bits per heavy atom. The largest absolute Gasteiger partial charge is 0.504 e. The molecule has 0 spiro atoms. The van der Waals surface area contributed by atoms with E-state index in [-0.39, 0.29) is 17.5 Å². The molecule has 3 rings (SSSR count). The topological polar surface area (TPSA) is 62.2 Å². The van der Waals surface area contributed by atoms with Crippen molar-refractivity contribution in [3.63, 3.8) is 0 Å². The zero-order chi connectivity index (χ0) is 17.3. The zero-order valence-electron chi connectivity index (χ0n) is 14.2. The molecule has 0 bridgehead atoms. The fourth-order valence-corrected chi connectivity index (χ4v) is 3.40. The molecule has 24 heavy (non-hydrogen) atoms. The number of hydrogen-bond donors (Lipinski definition) is 2. The fourth-order valence-electron chi connectivity index (χ4n) is 3.40. The van der Waals surface area contributed by atoms with Gasteiger partial charge in [-0.2, -0.15) is 0 Å². The molecule has 1 aliphatic heterocycles. The van der Waals surface area contributed by atoms with Crippen molar-refractivity contribution in [1.82, 2.24) is 4.90 Å². The molecule has 0 unspecified atom stereocenters. The maximum atomic E-state index is 10.6. The summed E-state index contributed by atoms with van der Waals surface area (Å²) >= 11 is 0. The van der Waals surface area contributed by atoms with Crippen molar-refractivity contribution in [1.29, 1.82) is 0 Å². The van der Waals surface area contributed by atoms with E-state index in [0.29, 0.717) is 17.9 Å². The molecule has 128 valence electrons. The average Bonchev–Trinajstić information content (AvgIpc) is 2.58. The Hall–Kier alpha value is -2.40. The first-order valence-electron chi connectivity index (χ1n) is 8.00. The molecule has 1 atom stereocenters. The lowest BCUT2D eigenvalue weighted by atomic mass is 9.88. The van der Waals surface area contributed by atoms with Crippen LogP contribution >= 0.6 is 0 Å². The van der Waals surface area contributed by atoms with E-state index in [1.165, 1.54) is 7.11 Å². The predicted octanol–water partition coefficient (Wildman–Crippen LogP) is 2.89. The monoisotopic (exact) mass is 329 g/mol. The third kappa shape index (κ3) is 2.87. The standard InChI is InChI=1S/C19H23NO4/c1-20-9-8-13-5-7-17(24-3)19(22)18(13)14(20)10-12-4-6-16(23-2)15(21)11-12/h4-7,11,14,21-22H,8-10H2,1-3H3/t14-/m1/s1. The number of phenolic OH excluding ortho intramolecular Hbond substituents is 2. The van der Waals surface area contributed by atoms with Gasteiger partial charge in [0, 0.05) is 18.2 Å². The summed E-state index contributed by atoms with van der Waals surface area (Å²) in [5.74, 6) is 1.29. The van der Waals surface area contributed by atoms with Gasteiger partial charge < -0.3 is 19.7 Å². The number of ether oxygens (including phenoxy) is 2. The molecular formula is C19H23NO4. The molecule has 0 saturated carbocycles. The van der Waals surface area contributed by atoms with Crippen molar-refractivity contribution in [2.75, 3.05) is 27.8 Å². The van der Waals surface area contributed by atoms with Crippen LogP contribution in [0.2, 0.25) is 0 Å². The summed E-state index contributed by atoms with van der Waals surface area (Å²) in [6, 6.07) is 9.29. The number of nitrogens with zero attached hydrogens (tertiary/aromatic N) is 1. The molecule has 0 saturated heterocycles. The van der Waals surface area contributed by atoms with Crippen molar-refractivity contribution in [2.24, 2.45) is 0 Å². The second kappa shape index (κ2) is 6.61. The highest BCUT2D eigenvalue weighted by Crippen LogP contribution is 2.42. The van der Waals surface area contributed by atoms with E-state index in [0.717, 1.165) is 29.7 Å². The lowest BCUT2D eigenvalue weighted by Gasteiger charge is -2.35. The Bertz CT molecular complexity index is 744. The van der Waals surface area contributed by atoms with Crippen molar-refractivity contribution >= 4 is 0 Å². The van der Waals surface area contributed by atoms with E-state index in [2.05, 4.69) is 11.9 Å². The molecule has 2 N–H and O–H groups in total. The summed E-state index contributed by atoms with van der Waals surface area (Å²) in [4.78, 5) is 2.22. The van der Waals surface area contributed by atoms with Gasteiger partial charge >= 0.3 is 0 Å². The van der Waals surface area contributed by atoms with Gasteiger partial charge in [0.1, 0.15) is 0 Å². The van der Waals surface area contributed by atoms with Crippen molar-refractivity contribution < 1.29 is 19.7 Å². The number of rotatable bonds is 4. The highest BCUT2D eigenvalue weighted by molar-refractivity contribution is 5.53. The van der Waals surface area contributed by atoms with Crippen LogP contribution in [-0.4, -0.2) is 42.9 Å². The molecule has 1 heterocycles. The summed E-state index contributed by atoms with van der Waals surface area (Å²) in [6.45, 7) is 0.922. The number of phenols is 2. The number of methoxy groups -OCH3 is 2. The molecule has 0 fully saturated rings. The van der Waals surface area contributed by atoms with Crippen molar-refractivity contribution in [3.05, 3.63) is 47.0 Å². The summed E-state index contributed by atoms with van der Waals surface area (Å²) in [6.07, 6.45) is 1.58. The van der Waals surface area contributed by atoms with Crippen LogP contribution in [0.25, 0.3) is 0 Å².